The van der Waals surface area contributed by atoms with E-state index in [0.717, 1.165) is 0 Å². The molecule has 4 atom stereocenters. The summed E-state index contributed by atoms with van der Waals surface area (Å²) in [5.41, 5.74) is -0.741. The average molecular weight is 362 g/mol. The van der Waals surface area contributed by atoms with Crippen LogP contribution in [0.4, 0.5) is 0 Å². The average Bonchev–Trinajstić information content (AvgIpc) is 3.01. The zero-order chi connectivity index (χ0) is 19.2. The van der Waals surface area contributed by atoms with Crippen molar-refractivity contribution >= 4 is 17.7 Å². The smallest absolute Gasteiger partial charge is 0.334 e. The van der Waals surface area contributed by atoms with E-state index in [-0.39, 0.29) is 36.1 Å². The van der Waals surface area contributed by atoms with Gasteiger partial charge in [0.1, 0.15) is 18.0 Å². The topological polar surface area (TPSA) is 99.1 Å². The largest absolute Gasteiger partial charge is 0.479 e. The molecule has 26 heavy (non-hydrogen) atoms. The lowest BCUT2D eigenvalue weighted by molar-refractivity contribution is -0.161. The van der Waals surface area contributed by atoms with Gasteiger partial charge >= 0.3 is 11.9 Å². The highest BCUT2D eigenvalue weighted by Crippen LogP contribution is 2.42. The van der Waals surface area contributed by atoms with Gasteiger partial charge in [0.15, 0.2) is 5.60 Å². The van der Waals surface area contributed by atoms with Gasteiger partial charge in [0.05, 0.1) is 18.4 Å². The molecular formula is C19H22O7. The third-order valence-electron chi connectivity index (χ3n) is 4.96. The Balaban J connectivity index is 2.08. The highest BCUT2D eigenvalue weighted by Gasteiger charge is 2.52. The van der Waals surface area contributed by atoms with E-state index in [4.69, 9.17) is 14.2 Å². The van der Waals surface area contributed by atoms with Gasteiger partial charge in [-0.1, -0.05) is 20.4 Å². The van der Waals surface area contributed by atoms with Crippen LogP contribution in [0, 0.1) is 11.8 Å². The molecule has 3 heterocycles. The van der Waals surface area contributed by atoms with Crippen molar-refractivity contribution in [1.82, 2.24) is 0 Å². The van der Waals surface area contributed by atoms with Crippen LogP contribution in [-0.2, 0) is 28.6 Å². The molecule has 0 saturated carbocycles. The molecule has 3 aliphatic heterocycles. The number of carbonyl (C=O) groups is 3. The molecule has 3 aliphatic rings. The van der Waals surface area contributed by atoms with Gasteiger partial charge in [-0.25, -0.2) is 4.79 Å². The van der Waals surface area contributed by atoms with Gasteiger partial charge in [-0.3, -0.25) is 9.59 Å². The third-order valence-corrected chi connectivity index (χ3v) is 4.96. The summed E-state index contributed by atoms with van der Waals surface area (Å²) < 4.78 is 16.8. The van der Waals surface area contributed by atoms with Crippen LogP contribution in [0.15, 0.2) is 35.6 Å². The fourth-order valence-electron chi connectivity index (χ4n) is 3.40. The van der Waals surface area contributed by atoms with Crippen molar-refractivity contribution in [2.45, 2.75) is 45.0 Å². The van der Waals surface area contributed by atoms with Crippen molar-refractivity contribution in [2.24, 2.45) is 11.8 Å². The number of hydrogen-bond donors (Lipinski definition) is 1. The van der Waals surface area contributed by atoms with Gasteiger partial charge in [0, 0.05) is 23.6 Å². The lowest BCUT2D eigenvalue weighted by Gasteiger charge is -2.31. The fourth-order valence-corrected chi connectivity index (χ4v) is 3.40. The van der Waals surface area contributed by atoms with Crippen molar-refractivity contribution in [3.63, 3.8) is 0 Å². The molecule has 0 aromatic heterocycles. The quantitative estimate of drug-likeness (QED) is 0.595. The predicted molar refractivity (Wildman–Crippen MR) is 89.6 cm³/mol. The molecule has 1 saturated heterocycles. The van der Waals surface area contributed by atoms with E-state index in [1.54, 1.807) is 20.8 Å². The predicted octanol–water partition coefficient (Wildman–Crippen LogP) is 1.22. The minimum atomic E-state index is -1.26. The van der Waals surface area contributed by atoms with E-state index in [1.807, 2.05) is 0 Å². The molecule has 140 valence electrons. The van der Waals surface area contributed by atoms with Crippen LogP contribution in [-0.4, -0.2) is 47.2 Å². The zero-order valence-electron chi connectivity index (χ0n) is 15.0. The van der Waals surface area contributed by atoms with Crippen molar-refractivity contribution in [3.8, 4) is 0 Å². The summed E-state index contributed by atoms with van der Waals surface area (Å²) in [6.45, 7) is 8.39. The molecule has 1 fully saturated rings. The van der Waals surface area contributed by atoms with Crippen LogP contribution in [0.3, 0.4) is 0 Å². The second kappa shape index (κ2) is 6.39. The summed E-state index contributed by atoms with van der Waals surface area (Å²) >= 11 is 0. The number of fused-ring (bicyclic) bond motifs is 3. The van der Waals surface area contributed by atoms with Gasteiger partial charge in [-0.2, -0.15) is 0 Å². The zero-order valence-corrected chi connectivity index (χ0v) is 15.0. The second-order valence-corrected chi connectivity index (χ2v) is 7.31. The van der Waals surface area contributed by atoms with Gasteiger partial charge in [0.25, 0.3) is 0 Å². The first-order chi connectivity index (χ1) is 12.2. The van der Waals surface area contributed by atoms with Crippen molar-refractivity contribution in [2.75, 3.05) is 6.61 Å². The number of ether oxygens (including phenoxy) is 3. The monoisotopic (exact) mass is 362 g/mol. The summed E-state index contributed by atoms with van der Waals surface area (Å²) in [5, 5.41) is 9.68. The normalized spacial score (nSPS) is 35.4. The van der Waals surface area contributed by atoms with Crippen molar-refractivity contribution < 1.29 is 33.7 Å². The first-order valence-electron chi connectivity index (χ1n) is 8.53. The third kappa shape index (κ3) is 2.96. The lowest BCUT2D eigenvalue weighted by Crippen LogP contribution is -2.43. The highest BCUT2D eigenvalue weighted by molar-refractivity contribution is 6.00. The van der Waals surface area contributed by atoms with Crippen LogP contribution in [0.25, 0.3) is 0 Å². The summed E-state index contributed by atoms with van der Waals surface area (Å²) in [6, 6.07) is 0. The second-order valence-electron chi connectivity index (χ2n) is 7.31. The molecule has 7 heteroatoms. The first kappa shape index (κ1) is 18.4. The Morgan fingerprint density at radius 2 is 2.15 bits per heavy atom. The van der Waals surface area contributed by atoms with Crippen LogP contribution in [0.5, 0.6) is 0 Å². The standard InChI is InChI=1S/C19H22O7/c1-9(2)17(22)25-14-7-19(4)15(21)6-12(26-19)11(8-20)5-13-16(14)10(3)18(23)24-13/h5-6,9,13-14,16,20H,3,7-8H2,1-2,4H3/b11-5-/t13-,14+,16-,19+/m0/s1. The summed E-state index contributed by atoms with van der Waals surface area (Å²) in [5.74, 6) is -2.11. The number of carbonyl (C=O) groups excluding carboxylic acids is 3. The number of ketones is 1. The SMILES string of the molecule is C=C1C(=O)O[C@H]2/C=C(/CO)C3=CC(=O)[C@@](C)(C[C@@H](OC(=O)C(C)C)[C@@H]12)O3. The molecule has 7 nitrogen and oxygen atoms in total. The maximum absolute atomic E-state index is 12.5. The molecule has 0 amide bonds. The molecule has 0 aromatic carbocycles. The Hall–Kier alpha value is -2.41. The van der Waals surface area contributed by atoms with E-state index in [2.05, 4.69) is 6.58 Å². The number of aliphatic hydroxyl groups excluding tert-OH is 1. The maximum atomic E-state index is 12.5. The Morgan fingerprint density at radius 3 is 2.77 bits per heavy atom. The minimum Gasteiger partial charge on any atom is -0.479 e. The maximum Gasteiger partial charge on any atom is 0.334 e. The summed E-state index contributed by atoms with van der Waals surface area (Å²) in [7, 11) is 0. The molecular weight excluding hydrogens is 340 g/mol. The van der Waals surface area contributed by atoms with Crippen LogP contribution < -0.4 is 0 Å². The number of hydrogen-bond acceptors (Lipinski definition) is 7. The Morgan fingerprint density at radius 1 is 1.46 bits per heavy atom. The van der Waals surface area contributed by atoms with Crippen LogP contribution >= 0.6 is 0 Å². The molecule has 0 aliphatic carbocycles. The lowest BCUT2D eigenvalue weighted by atomic mass is 9.82. The summed E-state index contributed by atoms with van der Waals surface area (Å²) in [6.07, 6.45) is 1.31. The van der Waals surface area contributed by atoms with Crippen molar-refractivity contribution in [1.29, 1.82) is 0 Å². The van der Waals surface area contributed by atoms with Gasteiger partial charge < -0.3 is 19.3 Å². The van der Waals surface area contributed by atoms with Gasteiger partial charge in [-0.15, -0.1) is 0 Å². The van der Waals surface area contributed by atoms with Crippen LogP contribution in [0.1, 0.15) is 27.2 Å². The molecule has 2 bridgehead atoms. The van der Waals surface area contributed by atoms with E-state index in [0.29, 0.717) is 5.57 Å². The van der Waals surface area contributed by atoms with E-state index in [1.165, 1.54) is 12.2 Å². The molecule has 0 radical (unpaired) electrons. The molecule has 3 rings (SSSR count). The Kier molecular flexibility index (Phi) is 4.52. The summed E-state index contributed by atoms with van der Waals surface area (Å²) in [4.78, 5) is 36.8. The van der Waals surface area contributed by atoms with E-state index in [9.17, 15) is 19.5 Å². The van der Waals surface area contributed by atoms with Gasteiger partial charge in [-0.05, 0) is 13.0 Å². The van der Waals surface area contributed by atoms with Crippen LogP contribution in [0.2, 0.25) is 0 Å². The van der Waals surface area contributed by atoms with E-state index >= 15 is 0 Å². The van der Waals surface area contributed by atoms with Gasteiger partial charge in [0.2, 0.25) is 5.78 Å². The molecule has 0 spiro atoms. The Labute approximate surface area is 151 Å². The number of aliphatic hydroxyl groups is 1. The highest BCUT2D eigenvalue weighted by atomic mass is 16.6. The van der Waals surface area contributed by atoms with E-state index < -0.39 is 35.7 Å². The minimum absolute atomic E-state index is 0.0493. The number of rotatable bonds is 3. The Bertz CT molecular complexity index is 745. The first-order valence-corrected chi connectivity index (χ1v) is 8.53. The van der Waals surface area contributed by atoms with Crippen molar-refractivity contribution in [3.05, 3.63) is 35.6 Å². The molecule has 0 aromatic rings. The molecule has 1 N–H and O–H groups in total. The molecule has 0 unspecified atom stereocenters. The fraction of sp³-hybridized carbons (Fsp3) is 0.526. The number of esters is 2.